The highest BCUT2D eigenvalue weighted by molar-refractivity contribution is 5.64. The van der Waals surface area contributed by atoms with E-state index in [2.05, 4.69) is 4.98 Å². The molecule has 0 atom stereocenters. The lowest BCUT2D eigenvalue weighted by atomic mass is 9.98. The average Bonchev–Trinajstić information content (AvgIpc) is 2.62. The molecule has 1 amide bonds. The lowest BCUT2D eigenvalue weighted by Crippen LogP contribution is -2.38. The largest absolute Gasteiger partial charge is 0.493 e. The second-order valence-corrected chi connectivity index (χ2v) is 5.77. The molecule has 2 aromatic rings. The Morgan fingerprint density at radius 3 is 2.46 bits per heavy atom. The summed E-state index contributed by atoms with van der Waals surface area (Å²) in [6.07, 6.45) is 2.53. The Morgan fingerprint density at radius 2 is 1.83 bits per heavy atom. The lowest BCUT2D eigenvalue weighted by molar-refractivity contribution is 0.111. The first-order valence-corrected chi connectivity index (χ1v) is 8.00. The summed E-state index contributed by atoms with van der Waals surface area (Å²) in [5.41, 5.74) is 0. The number of carbonyl (C=O) groups is 1. The third kappa shape index (κ3) is 4.38. The van der Waals surface area contributed by atoms with Crippen LogP contribution in [0.5, 0.6) is 17.4 Å². The van der Waals surface area contributed by atoms with Crippen molar-refractivity contribution in [2.24, 2.45) is 5.92 Å². The number of amides is 1. The van der Waals surface area contributed by atoms with E-state index in [1.54, 1.807) is 12.3 Å². The predicted molar refractivity (Wildman–Crippen MR) is 88.6 cm³/mol. The number of aromatic nitrogens is 1. The van der Waals surface area contributed by atoms with Crippen molar-refractivity contribution in [3.63, 3.8) is 0 Å². The highest BCUT2D eigenvalue weighted by Crippen LogP contribution is 2.24. The smallest absolute Gasteiger partial charge is 0.407 e. The zero-order valence-electron chi connectivity index (χ0n) is 13.3. The molecule has 1 N–H and O–H groups in total. The zero-order chi connectivity index (χ0) is 16.8. The number of pyridine rings is 1. The van der Waals surface area contributed by atoms with Gasteiger partial charge in [-0.25, -0.2) is 9.78 Å². The third-order valence-corrected chi connectivity index (χ3v) is 4.05. The first-order chi connectivity index (χ1) is 11.7. The number of ether oxygens (including phenoxy) is 2. The standard InChI is InChI=1S/C18H20N2O4/c21-18(22)20-11-8-14(9-12-20)13-23-15-4-6-16(7-5-15)24-17-3-1-2-10-19-17/h1-7,10,14H,8-9,11-13H2,(H,21,22). The molecule has 0 spiro atoms. The number of nitrogens with zero attached hydrogens (tertiary/aromatic N) is 2. The van der Waals surface area contributed by atoms with E-state index in [1.165, 1.54) is 4.90 Å². The van der Waals surface area contributed by atoms with Crippen LogP contribution in [0.25, 0.3) is 0 Å². The van der Waals surface area contributed by atoms with Crippen molar-refractivity contribution in [3.05, 3.63) is 48.7 Å². The van der Waals surface area contributed by atoms with Gasteiger partial charge in [-0.05, 0) is 49.1 Å². The number of benzene rings is 1. The minimum Gasteiger partial charge on any atom is -0.493 e. The average molecular weight is 328 g/mol. The number of piperidine rings is 1. The molecule has 0 bridgehead atoms. The molecule has 126 valence electrons. The monoisotopic (exact) mass is 328 g/mol. The Hall–Kier alpha value is -2.76. The first-order valence-electron chi connectivity index (χ1n) is 8.00. The lowest BCUT2D eigenvalue weighted by Gasteiger charge is -2.29. The van der Waals surface area contributed by atoms with Crippen molar-refractivity contribution >= 4 is 6.09 Å². The molecule has 1 aromatic heterocycles. The van der Waals surface area contributed by atoms with Gasteiger partial charge in [-0.3, -0.25) is 0 Å². The Morgan fingerprint density at radius 1 is 1.12 bits per heavy atom. The van der Waals surface area contributed by atoms with Crippen molar-refractivity contribution < 1.29 is 19.4 Å². The van der Waals surface area contributed by atoms with Crippen molar-refractivity contribution in [1.82, 2.24) is 9.88 Å². The van der Waals surface area contributed by atoms with Gasteiger partial charge in [0.2, 0.25) is 5.88 Å². The molecule has 1 aromatic carbocycles. The molecule has 6 heteroatoms. The summed E-state index contributed by atoms with van der Waals surface area (Å²) in [5.74, 6) is 2.43. The minimum atomic E-state index is -0.835. The maximum atomic E-state index is 10.9. The molecule has 1 fully saturated rings. The summed E-state index contributed by atoms with van der Waals surface area (Å²) in [6, 6.07) is 12.9. The van der Waals surface area contributed by atoms with Crippen LogP contribution in [0.2, 0.25) is 0 Å². The molecule has 24 heavy (non-hydrogen) atoms. The molecule has 1 saturated heterocycles. The van der Waals surface area contributed by atoms with Gasteiger partial charge in [0.05, 0.1) is 6.61 Å². The maximum Gasteiger partial charge on any atom is 0.407 e. The highest BCUT2D eigenvalue weighted by atomic mass is 16.5. The van der Waals surface area contributed by atoms with Crippen LogP contribution in [0.4, 0.5) is 4.79 Å². The predicted octanol–water partition coefficient (Wildman–Crippen LogP) is 3.64. The third-order valence-electron chi connectivity index (χ3n) is 4.05. The molecule has 0 radical (unpaired) electrons. The van der Waals surface area contributed by atoms with E-state index in [0.717, 1.165) is 18.6 Å². The van der Waals surface area contributed by atoms with Gasteiger partial charge in [0, 0.05) is 25.4 Å². The Labute approximate surface area is 140 Å². The minimum absolute atomic E-state index is 0.394. The van der Waals surface area contributed by atoms with Crippen LogP contribution in [0.15, 0.2) is 48.7 Å². The molecule has 6 nitrogen and oxygen atoms in total. The molecule has 1 aliphatic heterocycles. The molecule has 0 aliphatic carbocycles. The summed E-state index contributed by atoms with van der Waals surface area (Å²) in [4.78, 5) is 16.5. The maximum absolute atomic E-state index is 10.9. The van der Waals surface area contributed by atoms with Crippen molar-refractivity contribution in [2.75, 3.05) is 19.7 Å². The van der Waals surface area contributed by atoms with E-state index in [0.29, 0.717) is 37.2 Å². The van der Waals surface area contributed by atoms with Crippen LogP contribution >= 0.6 is 0 Å². The summed E-state index contributed by atoms with van der Waals surface area (Å²) in [7, 11) is 0. The molecule has 2 heterocycles. The fraction of sp³-hybridized carbons (Fsp3) is 0.333. The van der Waals surface area contributed by atoms with Gasteiger partial charge in [0.15, 0.2) is 0 Å². The Balaban J connectivity index is 1.46. The second kappa shape index (κ2) is 7.68. The summed E-state index contributed by atoms with van der Waals surface area (Å²) < 4.78 is 11.4. The summed E-state index contributed by atoms with van der Waals surface area (Å²) in [5, 5.41) is 8.94. The fourth-order valence-electron chi connectivity index (χ4n) is 2.64. The fourth-order valence-corrected chi connectivity index (χ4v) is 2.64. The molecular weight excluding hydrogens is 308 g/mol. The first kappa shape index (κ1) is 16.1. The van der Waals surface area contributed by atoms with Crippen LogP contribution in [-0.4, -0.2) is 40.8 Å². The molecule has 0 unspecified atom stereocenters. The van der Waals surface area contributed by atoms with Gasteiger partial charge < -0.3 is 19.5 Å². The normalized spacial score (nSPS) is 15.1. The summed E-state index contributed by atoms with van der Waals surface area (Å²) in [6.45, 7) is 1.77. The van der Waals surface area contributed by atoms with Crippen molar-refractivity contribution in [1.29, 1.82) is 0 Å². The van der Waals surface area contributed by atoms with E-state index < -0.39 is 6.09 Å². The zero-order valence-corrected chi connectivity index (χ0v) is 13.3. The molecule has 1 aliphatic rings. The molecular formula is C18H20N2O4. The van der Waals surface area contributed by atoms with E-state index in [4.69, 9.17) is 14.6 Å². The Bertz CT molecular complexity index is 652. The van der Waals surface area contributed by atoms with Crippen LogP contribution in [-0.2, 0) is 0 Å². The van der Waals surface area contributed by atoms with E-state index in [-0.39, 0.29) is 0 Å². The summed E-state index contributed by atoms with van der Waals surface area (Å²) >= 11 is 0. The van der Waals surface area contributed by atoms with E-state index in [1.807, 2.05) is 36.4 Å². The van der Waals surface area contributed by atoms with Gasteiger partial charge in [0.1, 0.15) is 11.5 Å². The number of rotatable bonds is 5. The number of hydrogen-bond donors (Lipinski definition) is 1. The van der Waals surface area contributed by atoms with Gasteiger partial charge in [-0.15, -0.1) is 0 Å². The van der Waals surface area contributed by atoms with Gasteiger partial charge in [0.25, 0.3) is 0 Å². The Kier molecular flexibility index (Phi) is 5.15. The van der Waals surface area contributed by atoms with Crippen molar-refractivity contribution in [3.8, 4) is 17.4 Å². The topological polar surface area (TPSA) is 71.9 Å². The van der Waals surface area contributed by atoms with Crippen LogP contribution in [0, 0.1) is 5.92 Å². The number of likely N-dealkylation sites (tertiary alicyclic amines) is 1. The SMILES string of the molecule is O=C(O)N1CCC(COc2ccc(Oc3ccccn3)cc2)CC1. The van der Waals surface area contributed by atoms with E-state index >= 15 is 0 Å². The van der Waals surface area contributed by atoms with Gasteiger partial charge in [-0.1, -0.05) is 6.07 Å². The van der Waals surface area contributed by atoms with Crippen LogP contribution < -0.4 is 9.47 Å². The van der Waals surface area contributed by atoms with Gasteiger partial charge in [-0.2, -0.15) is 0 Å². The van der Waals surface area contributed by atoms with Crippen molar-refractivity contribution in [2.45, 2.75) is 12.8 Å². The highest BCUT2D eigenvalue weighted by Gasteiger charge is 2.22. The van der Waals surface area contributed by atoms with Gasteiger partial charge >= 0.3 is 6.09 Å². The van der Waals surface area contributed by atoms with Crippen LogP contribution in [0.3, 0.4) is 0 Å². The molecule has 3 rings (SSSR count). The second-order valence-electron chi connectivity index (χ2n) is 5.77. The van der Waals surface area contributed by atoms with E-state index in [9.17, 15) is 4.79 Å². The quantitative estimate of drug-likeness (QED) is 0.907. The number of hydrogen-bond acceptors (Lipinski definition) is 4. The number of carboxylic acid groups (broad SMARTS) is 1. The molecule has 0 saturated carbocycles. The van der Waals surface area contributed by atoms with Crippen LogP contribution in [0.1, 0.15) is 12.8 Å².